The van der Waals surface area contributed by atoms with Crippen molar-refractivity contribution in [1.82, 2.24) is 25.1 Å². The number of ether oxygens (including phenoxy) is 2. The summed E-state index contributed by atoms with van der Waals surface area (Å²) in [7, 11) is 0. The van der Waals surface area contributed by atoms with Crippen LogP contribution in [0.4, 0.5) is 10.1 Å². The zero-order chi connectivity index (χ0) is 21.1. The lowest BCUT2D eigenvalue weighted by Crippen LogP contribution is -2.49. The molecular formula is C22H23FN6O2. The summed E-state index contributed by atoms with van der Waals surface area (Å²) in [4.78, 5) is 12.5. The molecule has 160 valence electrons. The minimum absolute atomic E-state index is 0.211. The number of halogens is 1. The summed E-state index contributed by atoms with van der Waals surface area (Å²) in [5.74, 6) is 1.72. The van der Waals surface area contributed by atoms with Crippen LogP contribution in [0.25, 0.3) is 33.5 Å². The second kappa shape index (κ2) is 6.84. The number of nitrogens with zero attached hydrogens (tertiary/aromatic N) is 4. The number of nitrogens with one attached hydrogen (secondary N) is 2. The maximum Gasteiger partial charge on any atom is 0.231 e. The standard InChI is InChI=1S/C22H23FN6O2/c1-12(2)28-3-5-29(6-4-28)18-9-17-16(8-14(18)23)24-22(25-17)21-13-7-19-20(31-11-30-19)10-15(13)26-27-21/h7-10,12H,3-6,11H2,1-2H3,(H,24,25)(H,26,27). The fraction of sp³-hybridized carbons (Fsp3) is 0.364. The largest absolute Gasteiger partial charge is 0.454 e. The first-order valence-electron chi connectivity index (χ1n) is 10.5. The summed E-state index contributed by atoms with van der Waals surface area (Å²) in [6, 6.07) is 7.62. The van der Waals surface area contributed by atoms with Gasteiger partial charge in [0.2, 0.25) is 6.79 Å². The predicted molar refractivity (Wildman–Crippen MR) is 116 cm³/mol. The maximum absolute atomic E-state index is 15.0. The van der Waals surface area contributed by atoms with E-state index in [1.165, 1.54) is 6.07 Å². The molecule has 1 saturated heterocycles. The lowest BCUT2D eigenvalue weighted by atomic mass is 10.2. The molecule has 9 heteroatoms. The number of anilines is 1. The van der Waals surface area contributed by atoms with Crippen molar-refractivity contribution in [3.05, 3.63) is 30.1 Å². The number of piperazine rings is 1. The van der Waals surface area contributed by atoms with E-state index in [1.54, 1.807) is 0 Å². The van der Waals surface area contributed by atoms with Crippen LogP contribution >= 0.6 is 0 Å². The Morgan fingerprint density at radius 3 is 2.55 bits per heavy atom. The molecule has 6 rings (SSSR count). The Balaban J connectivity index is 1.36. The van der Waals surface area contributed by atoms with Gasteiger partial charge in [-0.25, -0.2) is 9.37 Å². The molecule has 4 aromatic rings. The van der Waals surface area contributed by atoms with Gasteiger partial charge in [0.05, 0.1) is 22.2 Å². The van der Waals surface area contributed by atoms with Crippen LogP contribution in [0.5, 0.6) is 11.5 Å². The zero-order valence-electron chi connectivity index (χ0n) is 17.4. The van der Waals surface area contributed by atoms with Crippen molar-refractivity contribution in [1.29, 1.82) is 0 Å². The smallest absolute Gasteiger partial charge is 0.231 e. The van der Waals surface area contributed by atoms with Crippen molar-refractivity contribution in [2.24, 2.45) is 0 Å². The number of hydrogen-bond donors (Lipinski definition) is 2. The molecule has 2 aromatic heterocycles. The second-order valence-electron chi connectivity index (χ2n) is 8.35. The van der Waals surface area contributed by atoms with E-state index in [4.69, 9.17) is 14.5 Å². The van der Waals surface area contributed by atoms with E-state index in [0.29, 0.717) is 40.3 Å². The lowest BCUT2D eigenvalue weighted by Gasteiger charge is -2.38. The van der Waals surface area contributed by atoms with Crippen LogP contribution in [0.2, 0.25) is 0 Å². The fourth-order valence-electron chi connectivity index (χ4n) is 4.44. The molecule has 0 unspecified atom stereocenters. The molecule has 0 atom stereocenters. The summed E-state index contributed by atoms with van der Waals surface area (Å²) in [6.45, 7) is 8.05. The van der Waals surface area contributed by atoms with Crippen molar-refractivity contribution in [2.45, 2.75) is 19.9 Å². The van der Waals surface area contributed by atoms with E-state index in [9.17, 15) is 4.39 Å². The molecule has 2 aliphatic heterocycles. The Kier molecular flexibility index (Phi) is 4.07. The van der Waals surface area contributed by atoms with Gasteiger partial charge < -0.3 is 19.4 Å². The summed E-state index contributed by atoms with van der Waals surface area (Å²) < 4.78 is 25.9. The predicted octanol–water partition coefficient (Wildman–Crippen LogP) is 3.50. The molecule has 0 radical (unpaired) electrons. The van der Waals surface area contributed by atoms with Crippen LogP contribution in [-0.4, -0.2) is 64.1 Å². The number of rotatable bonds is 3. The van der Waals surface area contributed by atoms with Crippen molar-refractivity contribution < 1.29 is 13.9 Å². The molecule has 4 heterocycles. The number of fused-ring (bicyclic) bond motifs is 3. The fourth-order valence-corrected chi connectivity index (χ4v) is 4.44. The van der Waals surface area contributed by atoms with Crippen LogP contribution in [0.3, 0.4) is 0 Å². The highest BCUT2D eigenvalue weighted by atomic mass is 19.1. The van der Waals surface area contributed by atoms with Gasteiger partial charge in [-0.15, -0.1) is 0 Å². The van der Waals surface area contributed by atoms with Gasteiger partial charge in [0.1, 0.15) is 11.5 Å². The Labute approximate surface area is 177 Å². The number of imidazole rings is 1. The van der Waals surface area contributed by atoms with Crippen molar-refractivity contribution >= 4 is 27.6 Å². The van der Waals surface area contributed by atoms with Crippen LogP contribution in [0.15, 0.2) is 24.3 Å². The van der Waals surface area contributed by atoms with Crippen molar-refractivity contribution in [3.8, 4) is 23.0 Å². The number of aromatic nitrogens is 4. The van der Waals surface area contributed by atoms with Crippen LogP contribution in [-0.2, 0) is 0 Å². The van der Waals surface area contributed by atoms with Crippen LogP contribution in [0.1, 0.15) is 13.8 Å². The second-order valence-corrected chi connectivity index (χ2v) is 8.35. The highest BCUT2D eigenvalue weighted by molar-refractivity contribution is 5.95. The van der Waals surface area contributed by atoms with Crippen LogP contribution < -0.4 is 14.4 Å². The first-order valence-corrected chi connectivity index (χ1v) is 10.5. The van der Waals surface area contributed by atoms with E-state index >= 15 is 0 Å². The topological polar surface area (TPSA) is 82.3 Å². The molecule has 0 aliphatic carbocycles. The normalized spacial score (nSPS) is 16.8. The van der Waals surface area contributed by atoms with Crippen molar-refractivity contribution in [2.75, 3.05) is 37.9 Å². The van der Waals surface area contributed by atoms with Crippen molar-refractivity contribution in [3.63, 3.8) is 0 Å². The first kappa shape index (κ1) is 18.4. The van der Waals surface area contributed by atoms with Crippen LogP contribution in [0, 0.1) is 5.82 Å². The van der Waals surface area contributed by atoms with E-state index in [-0.39, 0.29) is 12.6 Å². The Morgan fingerprint density at radius 1 is 1.00 bits per heavy atom. The minimum atomic E-state index is -0.240. The third-order valence-corrected chi connectivity index (χ3v) is 6.22. The molecule has 0 amide bonds. The van der Waals surface area contributed by atoms with Gasteiger partial charge in [-0.2, -0.15) is 5.10 Å². The van der Waals surface area contributed by atoms with Gasteiger partial charge in [0, 0.05) is 49.7 Å². The quantitative estimate of drug-likeness (QED) is 0.526. The zero-order valence-corrected chi connectivity index (χ0v) is 17.4. The van der Waals surface area contributed by atoms with Gasteiger partial charge in [-0.05, 0) is 26.0 Å². The minimum Gasteiger partial charge on any atom is -0.454 e. The summed E-state index contributed by atoms with van der Waals surface area (Å²) in [5, 5.41) is 8.31. The maximum atomic E-state index is 15.0. The van der Waals surface area contributed by atoms with Gasteiger partial charge >= 0.3 is 0 Å². The van der Waals surface area contributed by atoms with Gasteiger partial charge in [0.15, 0.2) is 17.3 Å². The number of aromatic amines is 2. The molecule has 0 spiro atoms. The lowest BCUT2D eigenvalue weighted by molar-refractivity contribution is 0.174. The molecular weight excluding hydrogens is 399 g/mol. The molecule has 2 aromatic carbocycles. The number of H-pyrrole nitrogens is 2. The number of hydrogen-bond acceptors (Lipinski definition) is 6. The SMILES string of the molecule is CC(C)N1CCN(c2cc3nc(-c4n[nH]c5cc6c(cc45)OCO6)[nH]c3cc2F)CC1. The van der Waals surface area contributed by atoms with Gasteiger partial charge in [-0.1, -0.05) is 0 Å². The average molecular weight is 422 g/mol. The van der Waals surface area contributed by atoms with Gasteiger partial charge in [-0.3, -0.25) is 10.00 Å². The Hall–Kier alpha value is -3.33. The van der Waals surface area contributed by atoms with E-state index in [0.717, 1.165) is 42.6 Å². The van der Waals surface area contributed by atoms with E-state index < -0.39 is 0 Å². The first-order chi connectivity index (χ1) is 15.1. The molecule has 31 heavy (non-hydrogen) atoms. The van der Waals surface area contributed by atoms with E-state index in [2.05, 4.69) is 38.8 Å². The summed E-state index contributed by atoms with van der Waals surface area (Å²) >= 11 is 0. The monoisotopic (exact) mass is 422 g/mol. The third-order valence-electron chi connectivity index (χ3n) is 6.22. The molecule has 1 fully saturated rings. The summed E-state index contributed by atoms with van der Waals surface area (Å²) in [5.41, 5.74) is 3.46. The Morgan fingerprint density at radius 2 is 1.77 bits per heavy atom. The average Bonchev–Trinajstić information content (AvgIpc) is 3.48. The molecule has 2 N–H and O–H groups in total. The molecule has 0 bridgehead atoms. The molecule has 2 aliphatic rings. The molecule has 0 saturated carbocycles. The van der Waals surface area contributed by atoms with E-state index in [1.807, 2.05) is 18.2 Å². The summed E-state index contributed by atoms with van der Waals surface area (Å²) in [6.07, 6.45) is 0. The highest BCUT2D eigenvalue weighted by Gasteiger charge is 2.23. The third kappa shape index (κ3) is 2.99. The number of benzene rings is 2. The van der Waals surface area contributed by atoms with Gasteiger partial charge in [0.25, 0.3) is 0 Å². The molecule has 8 nitrogen and oxygen atoms in total. The Bertz CT molecular complexity index is 1290. The highest BCUT2D eigenvalue weighted by Crippen LogP contribution is 2.38.